The van der Waals surface area contributed by atoms with Gasteiger partial charge < -0.3 is 19.8 Å². The van der Waals surface area contributed by atoms with Gasteiger partial charge in [-0.05, 0) is 32.2 Å². The largest absolute Gasteiger partial charge is 0.486 e. The number of nitrogens with one attached hydrogen (secondary N) is 3. The van der Waals surface area contributed by atoms with Gasteiger partial charge in [0.25, 0.3) is 5.91 Å². The second-order valence-corrected chi connectivity index (χ2v) is 7.41. The van der Waals surface area contributed by atoms with Crippen molar-refractivity contribution < 1.29 is 22.7 Å². The standard InChI is InChI=1S/C16H19N3O5S/c1-10(13-4-3-5-18-13)19-16(20)12-8-11(25(21,22)17-2)9-14-15(12)24-7-6-23-14/h3-5,8-10,17-18H,6-7H2,1-2H3,(H,19,20). The lowest BCUT2D eigenvalue weighted by molar-refractivity contribution is 0.0927. The summed E-state index contributed by atoms with van der Waals surface area (Å²) in [6, 6.07) is 6.03. The van der Waals surface area contributed by atoms with Crippen molar-refractivity contribution in [3.63, 3.8) is 0 Å². The van der Waals surface area contributed by atoms with Gasteiger partial charge in [0, 0.05) is 18.0 Å². The molecular weight excluding hydrogens is 346 g/mol. The second-order valence-electron chi connectivity index (χ2n) is 5.52. The molecule has 8 nitrogen and oxygen atoms in total. The fourth-order valence-electron chi connectivity index (χ4n) is 2.54. The lowest BCUT2D eigenvalue weighted by Crippen LogP contribution is -2.29. The number of benzene rings is 1. The van der Waals surface area contributed by atoms with Gasteiger partial charge in [-0.1, -0.05) is 0 Å². The lowest BCUT2D eigenvalue weighted by atomic mass is 10.1. The van der Waals surface area contributed by atoms with E-state index in [9.17, 15) is 13.2 Å². The van der Waals surface area contributed by atoms with E-state index in [-0.39, 0.29) is 41.2 Å². The lowest BCUT2D eigenvalue weighted by Gasteiger charge is -2.22. The Hall–Kier alpha value is -2.52. The zero-order valence-corrected chi connectivity index (χ0v) is 14.6. The number of amides is 1. The molecule has 1 aromatic carbocycles. The Morgan fingerprint density at radius 2 is 2.04 bits per heavy atom. The normalized spacial score (nSPS) is 14.8. The fourth-order valence-corrected chi connectivity index (χ4v) is 3.31. The molecule has 0 bridgehead atoms. The van der Waals surface area contributed by atoms with Crippen LogP contribution in [0.15, 0.2) is 35.4 Å². The van der Waals surface area contributed by atoms with E-state index in [0.29, 0.717) is 0 Å². The highest BCUT2D eigenvalue weighted by atomic mass is 32.2. The molecule has 0 saturated carbocycles. The summed E-state index contributed by atoms with van der Waals surface area (Å²) < 4.78 is 37.5. The molecule has 9 heteroatoms. The summed E-state index contributed by atoms with van der Waals surface area (Å²) in [4.78, 5) is 15.7. The average Bonchev–Trinajstić information content (AvgIpc) is 3.15. The van der Waals surface area contributed by atoms with Crippen LogP contribution in [0.5, 0.6) is 11.5 Å². The van der Waals surface area contributed by atoms with Crippen LogP contribution < -0.4 is 19.5 Å². The highest BCUT2D eigenvalue weighted by molar-refractivity contribution is 7.89. The first-order valence-electron chi connectivity index (χ1n) is 7.73. The molecule has 25 heavy (non-hydrogen) atoms. The number of hydrogen-bond acceptors (Lipinski definition) is 5. The van der Waals surface area contributed by atoms with Crippen LogP contribution in [0.2, 0.25) is 0 Å². The highest BCUT2D eigenvalue weighted by Gasteiger charge is 2.26. The van der Waals surface area contributed by atoms with E-state index in [1.165, 1.54) is 19.2 Å². The van der Waals surface area contributed by atoms with Crippen LogP contribution in [0.25, 0.3) is 0 Å². The minimum Gasteiger partial charge on any atom is -0.486 e. The smallest absolute Gasteiger partial charge is 0.255 e. The summed E-state index contributed by atoms with van der Waals surface area (Å²) in [6.07, 6.45) is 1.76. The maximum atomic E-state index is 12.7. The molecular formula is C16H19N3O5S. The molecule has 0 fully saturated rings. The first-order valence-corrected chi connectivity index (χ1v) is 9.22. The van der Waals surface area contributed by atoms with Crippen LogP contribution in [0.3, 0.4) is 0 Å². The van der Waals surface area contributed by atoms with Crippen molar-refractivity contribution in [1.82, 2.24) is 15.0 Å². The summed E-state index contributed by atoms with van der Waals surface area (Å²) in [7, 11) is -2.43. The van der Waals surface area contributed by atoms with Gasteiger partial charge in [-0.3, -0.25) is 4.79 Å². The molecule has 1 amide bonds. The maximum Gasteiger partial charge on any atom is 0.255 e. The quantitative estimate of drug-likeness (QED) is 0.737. The van der Waals surface area contributed by atoms with Crippen molar-refractivity contribution in [3.8, 4) is 11.5 Å². The van der Waals surface area contributed by atoms with Crippen LogP contribution in [0, 0.1) is 0 Å². The monoisotopic (exact) mass is 365 g/mol. The van der Waals surface area contributed by atoms with Crippen molar-refractivity contribution >= 4 is 15.9 Å². The summed E-state index contributed by atoms with van der Waals surface area (Å²) >= 11 is 0. The Labute approximate surface area is 145 Å². The third kappa shape index (κ3) is 3.47. The first-order chi connectivity index (χ1) is 11.9. The van der Waals surface area contributed by atoms with E-state index in [4.69, 9.17) is 9.47 Å². The number of carbonyl (C=O) groups excluding carboxylic acids is 1. The zero-order chi connectivity index (χ0) is 18.0. The van der Waals surface area contributed by atoms with Crippen molar-refractivity contribution in [2.45, 2.75) is 17.9 Å². The van der Waals surface area contributed by atoms with E-state index < -0.39 is 15.9 Å². The average molecular weight is 365 g/mol. The predicted molar refractivity (Wildman–Crippen MR) is 90.4 cm³/mol. The molecule has 1 aliphatic heterocycles. The predicted octanol–water partition coefficient (Wildman–Crippen LogP) is 1.18. The molecule has 0 radical (unpaired) electrons. The number of rotatable bonds is 5. The minimum absolute atomic E-state index is 0.0584. The van der Waals surface area contributed by atoms with Gasteiger partial charge in [-0.25, -0.2) is 13.1 Å². The third-order valence-electron chi connectivity index (χ3n) is 3.88. The second kappa shape index (κ2) is 6.77. The van der Waals surface area contributed by atoms with Gasteiger partial charge in [0.15, 0.2) is 11.5 Å². The Morgan fingerprint density at radius 3 is 2.72 bits per heavy atom. The minimum atomic E-state index is -3.73. The molecule has 0 aliphatic carbocycles. The molecule has 1 unspecified atom stereocenters. The molecule has 3 rings (SSSR count). The summed E-state index contributed by atoms with van der Waals surface area (Å²) in [5, 5.41) is 2.82. The van der Waals surface area contributed by atoms with Crippen LogP contribution >= 0.6 is 0 Å². The van der Waals surface area contributed by atoms with Gasteiger partial charge in [-0.2, -0.15) is 0 Å². The van der Waals surface area contributed by atoms with Crippen LogP contribution in [0.4, 0.5) is 0 Å². The van der Waals surface area contributed by atoms with E-state index in [0.717, 1.165) is 5.69 Å². The number of fused-ring (bicyclic) bond motifs is 1. The fraction of sp³-hybridized carbons (Fsp3) is 0.312. The molecule has 2 aromatic rings. The van der Waals surface area contributed by atoms with Crippen LogP contribution in [0.1, 0.15) is 29.0 Å². The summed E-state index contributed by atoms with van der Waals surface area (Å²) in [5.74, 6) is 0.0368. The van der Waals surface area contributed by atoms with Gasteiger partial charge in [0.05, 0.1) is 16.5 Å². The number of aromatic amines is 1. The van der Waals surface area contributed by atoms with E-state index >= 15 is 0 Å². The molecule has 0 spiro atoms. The Bertz CT molecular complexity index is 877. The number of ether oxygens (including phenoxy) is 2. The number of carbonyl (C=O) groups is 1. The van der Waals surface area contributed by atoms with Crippen molar-refractivity contribution in [2.75, 3.05) is 20.3 Å². The first kappa shape index (κ1) is 17.3. The molecule has 134 valence electrons. The SMILES string of the molecule is CNS(=O)(=O)c1cc2c(c(C(=O)NC(C)c3ccc[nH]3)c1)OCCO2. The van der Waals surface area contributed by atoms with Crippen LogP contribution in [-0.2, 0) is 10.0 Å². The van der Waals surface area contributed by atoms with Crippen molar-refractivity contribution in [3.05, 3.63) is 41.7 Å². The zero-order valence-electron chi connectivity index (χ0n) is 13.8. The van der Waals surface area contributed by atoms with Gasteiger partial charge in [0.2, 0.25) is 10.0 Å². The Balaban J connectivity index is 1.98. The Kier molecular flexibility index (Phi) is 4.69. The van der Waals surface area contributed by atoms with Gasteiger partial charge >= 0.3 is 0 Å². The number of sulfonamides is 1. The number of aromatic nitrogens is 1. The molecule has 1 aromatic heterocycles. The number of H-pyrrole nitrogens is 1. The molecule has 0 saturated heterocycles. The topological polar surface area (TPSA) is 110 Å². The van der Waals surface area contributed by atoms with E-state index in [2.05, 4.69) is 15.0 Å². The summed E-state index contributed by atoms with van der Waals surface area (Å²) in [5.41, 5.74) is 0.947. The maximum absolute atomic E-state index is 12.7. The molecule has 1 aliphatic rings. The number of hydrogen-bond donors (Lipinski definition) is 3. The van der Waals surface area contributed by atoms with Crippen LogP contribution in [-0.4, -0.2) is 39.6 Å². The van der Waals surface area contributed by atoms with Gasteiger partial charge in [0.1, 0.15) is 13.2 Å². The van der Waals surface area contributed by atoms with Crippen molar-refractivity contribution in [2.24, 2.45) is 0 Å². The molecule has 1 atom stereocenters. The molecule has 3 N–H and O–H groups in total. The van der Waals surface area contributed by atoms with Crippen molar-refractivity contribution in [1.29, 1.82) is 0 Å². The van der Waals surface area contributed by atoms with Gasteiger partial charge in [-0.15, -0.1) is 0 Å². The third-order valence-corrected chi connectivity index (χ3v) is 5.27. The Morgan fingerprint density at radius 1 is 1.28 bits per heavy atom. The highest BCUT2D eigenvalue weighted by Crippen LogP contribution is 2.36. The van der Waals surface area contributed by atoms with E-state index in [1.54, 1.807) is 6.20 Å². The van der Waals surface area contributed by atoms with E-state index in [1.807, 2.05) is 19.1 Å². The molecule has 2 heterocycles. The summed E-state index contributed by atoms with van der Waals surface area (Å²) in [6.45, 7) is 2.40.